The van der Waals surface area contributed by atoms with Gasteiger partial charge in [0.05, 0.1) is 6.10 Å². The Balaban J connectivity index is 1.88. The minimum atomic E-state index is 0.202. The summed E-state index contributed by atoms with van der Waals surface area (Å²) in [7, 11) is 0. The van der Waals surface area contributed by atoms with Gasteiger partial charge in [0, 0.05) is 12.8 Å². The molecule has 0 bridgehead atoms. The first-order valence-electron chi connectivity index (χ1n) is 4.71. The number of aromatic nitrogens is 1. The lowest BCUT2D eigenvalue weighted by molar-refractivity contribution is 0.0664. The molecule has 3 nitrogen and oxygen atoms in total. The van der Waals surface area contributed by atoms with Gasteiger partial charge >= 0.3 is 0 Å². The van der Waals surface area contributed by atoms with Crippen LogP contribution >= 0.6 is 11.6 Å². The maximum Gasteiger partial charge on any atom is 0.232 e. The maximum absolute atomic E-state index is 5.88. The van der Waals surface area contributed by atoms with E-state index in [1.807, 2.05) is 0 Å². The highest BCUT2D eigenvalue weighted by Crippen LogP contribution is 2.21. The van der Waals surface area contributed by atoms with E-state index >= 15 is 0 Å². The van der Waals surface area contributed by atoms with E-state index in [-0.39, 0.29) is 6.10 Å². The van der Waals surface area contributed by atoms with E-state index in [0.29, 0.717) is 17.5 Å². The standard InChI is InChI=1S/C10H12ClNO2/c11-9-4-1-5-12-10(9)14-7-8-3-2-6-13-8/h1,4-5,8H,2-3,6-7H2. The third-order valence-electron chi connectivity index (χ3n) is 2.15. The number of halogens is 1. The highest BCUT2D eigenvalue weighted by atomic mass is 35.5. The van der Waals surface area contributed by atoms with Crippen LogP contribution < -0.4 is 4.74 Å². The normalized spacial score (nSPS) is 21.1. The van der Waals surface area contributed by atoms with Crippen LogP contribution in [0.5, 0.6) is 5.88 Å². The maximum atomic E-state index is 5.88. The van der Waals surface area contributed by atoms with Crippen LogP contribution in [0.15, 0.2) is 18.3 Å². The number of ether oxygens (including phenoxy) is 2. The topological polar surface area (TPSA) is 31.4 Å². The number of nitrogens with zero attached hydrogens (tertiary/aromatic N) is 1. The Kier molecular flexibility index (Phi) is 3.22. The number of hydrogen-bond acceptors (Lipinski definition) is 3. The van der Waals surface area contributed by atoms with E-state index < -0.39 is 0 Å². The first-order valence-corrected chi connectivity index (χ1v) is 5.09. The van der Waals surface area contributed by atoms with Crippen LogP contribution in [0.2, 0.25) is 5.02 Å². The van der Waals surface area contributed by atoms with Crippen LogP contribution in [0, 0.1) is 0 Å². The molecule has 2 rings (SSSR count). The van der Waals surface area contributed by atoms with E-state index in [1.54, 1.807) is 18.3 Å². The summed E-state index contributed by atoms with van der Waals surface area (Å²) in [5, 5.41) is 0.547. The molecule has 0 spiro atoms. The van der Waals surface area contributed by atoms with Crippen LogP contribution in [0.3, 0.4) is 0 Å². The molecule has 1 aliphatic heterocycles. The Bertz CT molecular complexity index is 300. The second kappa shape index (κ2) is 4.62. The fourth-order valence-corrected chi connectivity index (χ4v) is 1.60. The third kappa shape index (κ3) is 2.36. The molecule has 0 amide bonds. The zero-order valence-corrected chi connectivity index (χ0v) is 8.54. The predicted molar refractivity (Wildman–Crippen MR) is 53.7 cm³/mol. The second-order valence-corrected chi connectivity index (χ2v) is 3.64. The Labute approximate surface area is 88.0 Å². The van der Waals surface area contributed by atoms with Gasteiger partial charge in [0.15, 0.2) is 0 Å². The zero-order chi connectivity index (χ0) is 9.80. The van der Waals surface area contributed by atoms with Crippen molar-refractivity contribution in [2.75, 3.05) is 13.2 Å². The highest BCUT2D eigenvalue weighted by molar-refractivity contribution is 6.31. The van der Waals surface area contributed by atoms with Gasteiger partial charge in [-0.25, -0.2) is 4.98 Å². The quantitative estimate of drug-likeness (QED) is 0.772. The summed E-state index contributed by atoms with van der Waals surface area (Å²) in [5.74, 6) is 0.490. The summed E-state index contributed by atoms with van der Waals surface area (Å²) in [5.41, 5.74) is 0. The van der Waals surface area contributed by atoms with Crippen LogP contribution in [0.1, 0.15) is 12.8 Å². The molecule has 4 heteroatoms. The molecule has 1 aliphatic rings. The van der Waals surface area contributed by atoms with Crippen molar-refractivity contribution in [3.8, 4) is 5.88 Å². The molecule has 0 aromatic carbocycles. The van der Waals surface area contributed by atoms with Gasteiger partial charge in [0.1, 0.15) is 11.6 Å². The molecule has 0 saturated carbocycles. The van der Waals surface area contributed by atoms with Crippen LogP contribution in [0.4, 0.5) is 0 Å². The lowest BCUT2D eigenvalue weighted by Crippen LogP contribution is -2.16. The number of pyridine rings is 1. The van der Waals surface area contributed by atoms with Crippen molar-refractivity contribution >= 4 is 11.6 Å². The molecule has 0 aliphatic carbocycles. The van der Waals surface area contributed by atoms with Gasteiger partial charge in [-0.05, 0) is 25.0 Å². The molecule has 1 aromatic rings. The molecule has 0 radical (unpaired) electrons. The largest absolute Gasteiger partial charge is 0.474 e. The van der Waals surface area contributed by atoms with Crippen molar-refractivity contribution in [2.45, 2.75) is 18.9 Å². The van der Waals surface area contributed by atoms with Gasteiger partial charge in [-0.15, -0.1) is 0 Å². The zero-order valence-electron chi connectivity index (χ0n) is 7.78. The lowest BCUT2D eigenvalue weighted by atomic mass is 10.2. The fraction of sp³-hybridized carbons (Fsp3) is 0.500. The summed E-state index contributed by atoms with van der Waals surface area (Å²) in [4.78, 5) is 4.03. The van der Waals surface area contributed by atoms with Crippen molar-refractivity contribution < 1.29 is 9.47 Å². The Morgan fingerprint density at radius 1 is 1.64 bits per heavy atom. The molecule has 2 heterocycles. The van der Waals surface area contributed by atoms with Crippen LogP contribution in [-0.4, -0.2) is 24.3 Å². The second-order valence-electron chi connectivity index (χ2n) is 3.24. The highest BCUT2D eigenvalue weighted by Gasteiger charge is 2.16. The molecular formula is C10H12ClNO2. The number of rotatable bonds is 3. The monoisotopic (exact) mass is 213 g/mol. The van der Waals surface area contributed by atoms with Gasteiger partial charge < -0.3 is 9.47 Å². The summed E-state index contributed by atoms with van der Waals surface area (Å²) in [6.07, 6.45) is 4.04. The Morgan fingerprint density at radius 3 is 3.29 bits per heavy atom. The molecule has 1 saturated heterocycles. The van der Waals surface area contributed by atoms with Gasteiger partial charge in [-0.2, -0.15) is 0 Å². The smallest absolute Gasteiger partial charge is 0.232 e. The van der Waals surface area contributed by atoms with Crippen molar-refractivity contribution in [1.29, 1.82) is 0 Å². The minimum Gasteiger partial charge on any atom is -0.474 e. The van der Waals surface area contributed by atoms with Gasteiger partial charge in [0.2, 0.25) is 5.88 Å². The van der Waals surface area contributed by atoms with E-state index in [2.05, 4.69) is 4.98 Å². The summed E-state index contributed by atoms with van der Waals surface area (Å²) in [6, 6.07) is 3.54. The van der Waals surface area contributed by atoms with Gasteiger partial charge in [-0.1, -0.05) is 11.6 Å². The minimum absolute atomic E-state index is 0.202. The van der Waals surface area contributed by atoms with E-state index in [1.165, 1.54) is 0 Å². The average Bonchev–Trinajstić information content (AvgIpc) is 2.69. The molecule has 1 fully saturated rings. The third-order valence-corrected chi connectivity index (χ3v) is 2.44. The number of hydrogen-bond donors (Lipinski definition) is 0. The van der Waals surface area contributed by atoms with E-state index in [4.69, 9.17) is 21.1 Å². The molecule has 1 atom stereocenters. The molecule has 1 aromatic heterocycles. The Hall–Kier alpha value is -0.800. The molecule has 1 unspecified atom stereocenters. The fourth-order valence-electron chi connectivity index (χ4n) is 1.43. The Morgan fingerprint density at radius 2 is 2.57 bits per heavy atom. The molecule has 14 heavy (non-hydrogen) atoms. The summed E-state index contributed by atoms with van der Waals surface area (Å²) in [6.45, 7) is 1.38. The molecule has 0 N–H and O–H groups in total. The predicted octanol–water partition coefficient (Wildman–Crippen LogP) is 2.29. The first kappa shape index (κ1) is 9.74. The van der Waals surface area contributed by atoms with Crippen molar-refractivity contribution in [2.24, 2.45) is 0 Å². The summed E-state index contributed by atoms with van der Waals surface area (Å²) >= 11 is 5.88. The van der Waals surface area contributed by atoms with Gasteiger partial charge in [0.25, 0.3) is 0 Å². The van der Waals surface area contributed by atoms with Crippen molar-refractivity contribution in [3.05, 3.63) is 23.4 Å². The lowest BCUT2D eigenvalue weighted by Gasteiger charge is -2.10. The van der Waals surface area contributed by atoms with Crippen LogP contribution in [-0.2, 0) is 4.74 Å². The first-order chi connectivity index (χ1) is 6.86. The SMILES string of the molecule is Clc1cccnc1OCC1CCCO1. The molecular weight excluding hydrogens is 202 g/mol. The van der Waals surface area contributed by atoms with Gasteiger partial charge in [-0.3, -0.25) is 0 Å². The van der Waals surface area contributed by atoms with E-state index in [9.17, 15) is 0 Å². The van der Waals surface area contributed by atoms with Crippen molar-refractivity contribution in [1.82, 2.24) is 4.98 Å². The van der Waals surface area contributed by atoms with Crippen LogP contribution in [0.25, 0.3) is 0 Å². The van der Waals surface area contributed by atoms with Crippen molar-refractivity contribution in [3.63, 3.8) is 0 Å². The average molecular weight is 214 g/mol. The van der Waals surface area contributed by atoms with E-state index in [0.717, 1.165) is 19.4 Å². The molecule has 76 valence electrons. The summed E-state index contributed by atoms with van der Waals surface area (Å²) < 4.78 is 10.9.